The van der Waals surface area contributed by atoms with Crippen molar-refractivity contribution in [2.24, 2.45) is 5.92 Å². The maximum absolute atomic E-state index is 4.77. The summed E-state index contributed by atoms with van der Waals surface area (Å²) in [6.45, 7) is 3.40. The number of hydrogen-bond acceptors (Lipinski definition) is 4. The molecule has 1 fully saturated rings. The average molecular weight is 291 g/mol. The molecule has 0 spiro atoms. The van der Waals surface area contributed by atoms with Crippen LogP contribution in [0.5, 0.6) is 0 Å². The monoisotopic (exact) mass is 291 g/mol. The first kappa shape index (κ1) is 14.3. The second kappa shape index (κ2) is 6.90. The van der Waals surface area contributed by atoms with Crippen molar-refractivity contribution in [2.45, 2.75) is 57.2 Å². The Kier molecular flexibility index (Phi) is 4.94. The highest BCUT2D eigenvalue weighted by Crippen LogP contribution is 2.25. The van der Waals surface area contributed by atoms with E-state index >= 15 is 0 Å². The summed E-state index contributed by atoms with van der Waals surface area (Å²) in [6, 6.07) is 0.825. The fourth-order valence-corrected chi connectivity index (χ4v) is 3.55. The second-order valence-electron chi connectivity index (χ2n) is 6.10. The van der Waals surface area contributed by atoms with Gasteiger partial charge in [0.15, 0.2) is 0 Å². The molecule has 0 saturated heterocycles. The standard InChI is InChI=1S/C16H25N3S/c1-2-7-20-11-16-18-10-13-8-12(3-6-15(13)19-16)9-17-14-4-5-14/h10,12,14,17H,2-9,11H2,1H3. The van der Waals surface area contributed by atoms with E-state index in [2.05, 4.69) is 23.4 Å². The number of rotatable bonds is 7. The Labute approximate surface area is 126 Å². The van der Waals surface area contributed by atoms with Gasteiger partial charge in [0.2, 0.25) is 0 Å². The molecule has 2 aliphatic rings. The van der Waals surface area contributed by atoms with Crippen molar-refractivity contribution in [1.82, 2.24) is 15.3 Å². The van der Waals surface area contributed by atoms with Crippen molar-refractivity contribution in [2.75, 3.05) is 12.3 Å². The van der Waals surface area contributed by atoms with Crippen LogP contribution in [0, 0.1) is 5.92 Å². The molecule has 1 saturated carbocycles. The molecular formula is C16H25N3S. The number of thioether (sulfide) groups is 1. The van der Waals surface area contributed by atoms with Crippen LogP contribution >= 0.6 is 11.8 Å². The lowest BCUT2D eigenvalue weighted by molar-refractivity contribution is 0.418. The zero-order valence-corrected chi connectivity index (χ0v) is 13.2. The van der Waals surface area contributed by atoms with Gasteiger partial charge in [0.1, 0.15) is 5.82 Å². The largest absolute Gasteiger partial charge is 0.314 e. The van der Waals surface area contributed by atoms with Crippen molar-refractivity contribution in [3.8, 4) is 0 Å². The van der Waals surface area contributed by atoms with Gasteiger partial charge in [-0.15, -0.1) is 0 Å². The first-order chi connectivity index (χ1) is 9.85. The summed E-state index contributed by atoms with van der Waals surface area (Å²) in [5.41, 5.74) is 2.71. The Balaban J connectivity index is 1.53. The van der Waals surface area contributed by atoms with Crippen LogP contribution in [0.2, 0.25) is 0 Å². The molecule has 0 radical (unpaired) electrons. The van der Waals surface area contributed by atoms with Crippen molar-refractivity contribution >= 4 is 11.8 Å². The highest BCUT2D eigenvalue weighted by molar-refractivity contribution is 7.98. The zero-order valence-electron chi connectivity index (χ0n) is 12.4. The lowest BCUT2D eigenvalue weighted by Gasteiger charge is -2.24. The van der Waals surface area contributed by atoms with Crippen LogP contribution in [0.3, 0.4) is 0 Å². The van der Waals surface area contributed by atoms with E-state index in [9.17, 15) is 0 Å². The zero-order chi connectivity index (χ0) is 13.8. The number of aromatic nitrogens is 2. The van der Waals surface area contributed by atoms with E-state index < -0.39 is 0 Å². The van der Waals surface area contributed by atoms with Gasteiger partial charge in [-0.05, 0) is 62.3 Å². The normalized spacial score (nSPS) is 21.8. The predicted octanol–water partition coefficient (Wildman–Crippen LogP) is 2.98. The molecule has 3 nitrogen and oxygen atoms in total. The third-order valence-electron chi connectivity index (χ3n) is 4.15. The van der Waals surface area contributed by atoms with E-state index in [-0.39, 0.29) is 0 Å². The summed E-state index contributed by atoms with van der Waals surface area (Å²) in [6.07, 6.45) is 9.66. The summed E-state index contributed by atoms with van der Waals surface area (Å²) >= 11 is 1.94. The lowest BCUT2D eigenvalue weighted by atomic mass is 9.87. The van der Waals surface area contributed by atoms with Gasteiger partial charge in [0, 0.05) is 17.9 Å². The number of nitrogens with one attached hydrogen (secondary N) is 1. The minimum absolute atomic E-state index is 0.784. The lowest BCUT2D eigenvalue weighted by Crippen LogP contribution is -2.29. The fourth-order valence-electron chi connectivity index (χ4n) is 2.80. The topological polar surface area (TPSA) is 37.8 Å². The van der Waals surface area contributed by atoms with Gasteiger partial charge < -0.3 is 5.32 Å². The molecule has 1 heterocycles. The van der Waals surface area contributed by atoms with Crippen molar-refractivity contribution < 1.29 is 0 Å². The molecule has 0 amide bonds. The van der Waals surface area contributed by atoms with Gasteiger partial charge >= 0.3 is 0 Å². The SMILES string of the molecule is CCCSCc1ncc2c(n1)CCC(CNC1CC1)C2. The molecule has 1 atom stereocenters. The minimum atomic E-state index is 0.784. The van der Waals surface area contributed by atoms with E-state index in [1.807, 2.05) is 11.8 Å². The molecular weight excluding hydrogens is 266 g/mol. The minimum Gasteiger partial charge on any atom is -0.314 e. The van der Waals surface area contributed by atoms with Gasteiger partial charge in [-0.1, -0.05) is 6.92 Å². The van der Waals surface area contributed by atoms with Gasteiger partial charge in [-0.3, -0.25) is 0 Å². The summed E-state index contributed by atoms with van der Waals surface area (Å²) in [5.74, 6) is 3.98. The van der Waals surface area contributed by atoms with Crippen molar-refractivity contribution in [1.29, 1.82) is 0 Å². The second-order valence-corrected chi connectivity index (χ2v) is 7.21. The number of aryl methyl sites for hydroxylation is 1. The fraction of sp³-hybridized carbons (Fsp3) is 0.750. The Morgan fingerprint density at radius 3 is 3.05 bits per heavy atom. The van der Waals surface area contributed by atoms with Crippen LogP contribution < -0.4 is 5.32 Å². The first-order valence-corrected chi connectivity index (χ1v) is 9.15. The van der Waals surface area contributed by atoms with E-state index in [4.69, 9.17) is 4.98 Å². The Hall–Kier alpha value is -0.610. The maximum atomic E-state index is 4.77. The molecule has 3 rings (SSSR count). The highest BCUT2D eigenvalue weighted by Gasteiger charge is 2.24. The highest BCUT2D eigenvalue weighted by atomic mass is 32.2. The maximum Gasteiger partial charge on any atom is 0.138 e. The van der Waals surface area contributed by atoms with Crippen LogP contribution in [-0.2, 0) is 18.6 Å². The van der Waals surface area contributed by atoms with E-state index in [0.717, 1.165) is 36.4 Å². The van der Waals surface area contributed by atoms with Crippen molar-refractivity contribution in [3.63, 3.8) is 0 Å². The summed E-state index contributed by atoms with van der Waals surface area (Å²) in [4.78, 5) is 9.33. The summed E-state index contributed by atoms with van der Waals surface area (Å²) < 4.78 is 0. The Bertz CT molecular complexity index is 445. The molecule has 0 bridgehead atoms. The quantitative estimate of drug-likeness (QED) is 0.784. The molecule has 1 N–H and O–H groups in total. The van der Waals surface area contributed by atoms with Crippen LogP contribution in [0.4, 0.5) is 0 Å². The molecule has 110 valence electrons. The molecule has 0 aromatic carbocycles. The van der Waals surface area contributed by atoms with Gasteiger partial charge in [-0.25, -0.2) is 9.97 Å². The van der Waals surface area contributed by atoms with Gasteiger partial charge in [0.05, 0.1) is 5.75 Å². The molecule has 1 unspecified atom stereocenters. The van der Waals surface area contributed by atoms with E-state index in [0.29, 0.717) is 0 Å². The average Bonchev–Trinajstić information content (AvgIpc) is 3.29. The number of hydrogen-bond donors (Lipinski definition) is 1. The smallest absolute Gasteiger partial charge is 0.138 e. The number of nitrogens with zero attached hydrogens (tertiary/aromatic N) is 2. The Morgan fingerprint density at radius 2 is 2.25 bits per heavy atom. The third-order valence-corrected chi connectivity index (χ3v) is 5.31. The Morgan fingerprint density at radius 1 is 1.35 bits per heavy atom. The predicted molar refractivity (Wildman–Crippen MR) is 85.0 cm³/mol. The van der Waals surface area contributed by atoms with E-state index in [1.165, 1.54) is 49.2 Å². The molecule has 4 heteroatoms. The number of fused-ring (bicyclic) bond motifs is 1. The van der Waals surface area contributed by atoms with Crippen LogP contribution in [0.1, 0.15) is 49.7 Å². The first-order valence-electron chi connectivity index (χ1n) is 8.00. The van der Waals surface area contributed by atoms with Crippen LogP contribution in [-0.4, -0.2) is 28.3 Å². The molecule has 2 aliphatic carbocycles. The molecule has 1 aromatic rings. The van der Waals surface area contributed by atoms with Gasteiger partial charge in [-0.2, -0.15) is 11.8 Å². The van der Waals surface area contributed by atoms with Gasteiger partial charge in [0.25, 0.3) is 0 Å². The summed E-state index contributed by atoms with van der Waals surface area (Å²) in [5, 5.41) is 3.66. The molecule has 20 heavy (non-hydrogen) atoms. The molecule has 0 aliphatic heterocycles. The third kappa shape index (κ3) is 3.95. The van der Waals surface area contributed by atoms with Crippen molar-refractivity contribution in [3.05, 3.63) is 23.3 Å². The van der Waals surface area contributed by atoms with Crippen LogP contribution in [0.15, 0.2) is 6.20 Å². The summed E-state index contributed by atoms with van der Waals surface area (Å²) in [7, 11) is 0. The van der Waals surface area contributed by atoms with Crippen LogP contribution in [0.25, 0.3) is 0 Å². The molecule has 1 aromatic heterocycles. The van der Waals surface area contributed by atoms with E-state index in [1.54, 1.807) is 0 Å².